The molecule has 2 heterocycles. The third-order valence-electron chi connectivity index (χ3n) is 13.3. The molecule has 0 spiro atoms. The number of β-amino-alcohol motifs (C(OH)–C–C–N with tert-alkyl or cyclic N) is 1. The van der Waals surface area contributed by atoms with Crippen LogP contribution < -0.4 is 25.4 Å². The molecule has 1 aromatic heterocycles. The number of nitriles is 1. The lowest BCUT2D eigenvalue weighted by molar-refractivity contribution is -0.164. The van der Waals surface area contributed by atoms with E-state index in [0.717, 1.165) is 32.8 Å². The summed E-state index contributed by atoms with van der Waals surface area (Å²) in [6.45, 7) is 16.3. The number of aromatic nitrogens is 1. The summed E-state index contributed by atoms with van der Waals surface area (Å²) in [5.41, 5.74) is 6.04. The van der Waals surface area contributed by atoms with E-state index in [1.807, 2.05) is 93.9 Å². The summed E-state index contributed by atoms with van der Waals surface area (Å²) in [5.74, 6) is -0.0698. The number of hydrogen-bond acceptors (Lipinski definition) is 10. The summed E-state index contributed by atoms with van der Waals surface area (Å²) >= 11 is 7.82. The Kier molecular flexibility index (Phi) is 15.2. The number of nitrogens with zero attached hydrogens (tertiary/aromatic N) is 3. The van der Waals surface area contributed by atoms with E-state index in [0.29, 0.717) is 34.1 Å². The number of aliphatic hydroxyl groups is 1. The fourth-order valence-corrected chi connectivity index (χ4v) is 10.8. The van der Waals surface area contributed by atoms with Crippen LogP contribution in [-0.2, 0) is 20.9 Å². The van der Waals surface area contributed by atoms with Gasteiger partial charge in [-0.2, -0.15) is 5.26 Å². The Hall–Kier alpha value is -6.27. The van der Waals surface area contributed by atoms with Crippen molar-refractivity contribution in [3.8, 4) is 39.1 Å². The molecule has 2 aliphatic rings. The zero-order chi connectivity index (χ0) is 49.8. The number of thiazole rings is 1. The molecule has 1 saturated heterocycles. The topological polar surface area (TPSA) is 183 Å². The van der Waals surface area contributed by atoms with E-state index < -0.39 is 40.3 Å². The average Bonchev–Trinajstić information content (AvgIpc) is 3.94. The van der Waals surface area contributed by atoms with Gasteiger partial charge in [0.15, 0.2) is 0 Å². The summed E-state index contributed by atoms with van der Waals surface area (Å²) in [5, 5.41) is 29.3. The molecule has 0 unspecified atom stereocenters. The Morgan fingerprint density at radius 3 is 2.14 bits per heavy atom. The number of likely N-dealkylation sites (tertiary alicyclic amines) is 1. The van der Waals surface area contributed by atoms with Gasteiger partial charge in [-0.15, -0.1) is 11.3 Å². The molecule has 4 aromatic carbocycles. The number of aryl methyl sites for hydroxylation is 1. The fourth-order valence-electron chi connectivity index (χ4n) is 9.80. The van der Waals surface area contributed by atoms with Crippen molar-refractivity contribution >= 4 is 46.6 Å². The Balaban J connectivity index is 0.858. The lowest BCUT2D eigenvalue weighted by Gasteiger charge is -2.63. The second-order valence-corrected chi connectivity index (χ2v) is 21.6. The van der Waals surface area contributed by atoms with Gasteiger partial charge in [0.05, 0.1) is 39.4 Å². The van der Waals surface area contributed by atoms with Crippen LogP contribution in [0, 0.1) is 34.5 Å². The predicted molar refractivity (Wildman–Crippen MR) is 268 cm³/mol. The molecule has 7 rings (SSSR count). The normalized spacial score (nSPS) is 19.6. The maximum absolute atomic E-state index is 14.1. The third-order valence-corrected chi connectivity index (χ3v) is 14.6. The molecule has 0 bridgehead atoms. The lowest BCUT2D eigenvalue weighted by Crippen LogP contribution is -2.74. The molecule has 1 aliphatic heterocycles. The quantitative estimate of drug-likeness (QED) is 0.0702. The smallest absolute Gasteiger partial charge is 0.251 e. The molecule has 0 radical (unpaired) electrons. The number of halogens is 1. The van der Waals surface area contributed by atoms with Gasteiger partial charge in [-0.3, -0.25) is 19.2 Å². The lowest BCUT2D eigenvalue weighted by atomic mass is 9.49. The van der Waals surface area contributed by atoms with Gasteiger partial charge in [0.25, 0.3) is 5.91 Å². The minimum Gasteiger partial charge on any atom is -0.494 e. The number of rotatable bonds is 16. The molecular weight excluding hydrogens is 912 g/mol. The second-order valence-electron chi connectivity index (χ2n) is 20.3. The van der Waals surface area contributed by atoms with Gasteiger partial charge in [0, 0.05) is 54.4 Å². The van der Waals surface area contributed by atoms with Gasteiger partial charge in [-0.05, 0) is 77.4 Å². The summed E-state index contributed by atoms with van der Waals surface area (Å²) in [4.78, 5) is 61.1. The molecule has 2 fully saturated rings. The van der Waals surface area contributed by atoms with Crippen molar-refractivity contribution in [1.82, 2.24) is 25.8 Å². The predicted octanol–water partition coefficient (Wildman–Crippen LogP) is 8.89. The van der Waals surface area contributed by atoms with Crippen molar-refractivity contribution < 1.29 is 33.8 Å². The van der Waals surface area contributed by atoms with Crippen LogP contribution in [0.1, 0.15) is 94.9 Å². The number of carbonyl (C=O) groups is 4. The Labute approximate surface area is 413 Å². The first-order valence-electron chi connectivity index (χ1n) is 23.2. The van der Waals surface area contributed by atoms with Crippen molar-refractivity contribution in [2.75, 3.05) is 13.2 Å². The van der Waals surface area contributed by atoms with Gasteiger partial charge >= 0.3 is 0 Å². The van der Waals surface area contributed by atoms with Crippen LogP contribution in [0.25, 0.3) is 21.6 Å². The first kappa shape index (κ1) is 50.6. The molecular formula is C54H61ClN6O7S. The minimum atomic E-state index is -0.928. The molecule has 362 valence electrons. The van der Waals surface area contributed by atoms with E-state index in [2.05, 4.69) is 54.7 Å². The molecule has 4 N–H and O–H groups in total. The van der Waals surface area contributed by atoms with Gasteiger partial charge in [-0.1, -0.05) is 109 Å². The third kappa shape index (κ3) is 11.4. The molecule has 1 saturated carbocycles. The standard InChI is InChI=1S/C54H61ClN6O7S/c1-32-45(69-31-58-32)36-13-11-33(12-14-36)29-57-48(65)43-26-39(62)30-61(43)49(66)46(52(2,3)4)59-44(63)10-9-25-67-40-22-19-35(20-23-40)34-15-17-37(18-16-34)47(64)60-50-53(5,6)51(54(50,7)8)68-41-24-21-38(28-56)42(55)27-41/h11-24,27,31,39,43,46,50-51,62H,9-10,25-26,29-30H2,1-8H3,(H,57,65)(H,59,63)(H,60,64)/t39-,43+,46-,50?,51?/m1/s1. The number of nitrogens with one attached hydrogen (secondary N) is 3. The van der Waals surface area contributed by atoms with Crippen molar-refractivity contribution in [3.63, 3.8) is 0 Å². The van der Waals surface area contributed by atoms with E-state index in [4.69, 9.17) is 21.1 Å². The van der Waals surface area contributed by atoms with Crippen LogP contribution in [0.4, 0.5) is 0 Å². The van der Waals surface area contributed by atoms with Crippen molar-refractivity contribution in [1.29, 1.82) is 5.26 Å². The van der Waals surface area contributed by atoms with E-state index in [1.54, 1.807) is 41.7 Å². The number of carbonyl (C=O) groups excluding carboxylic acids is 4. The number of ether oxygens (including phenoxy) is 2. The molecule has 69 heavy (non-hydrogen) atoms. The Morgan fingerprint density at radius 2 is 1.55 bits per heavy atom. The van der Waals surface area contributed by atoms with E-state index in [1.165, 1.54) is 4.90 Å². The maximum atomic E-state index is 14.1. The Bertz CT molecular complexity index is 2690. The van der Waals surface area contributed by atoms with Gasteiger partial charge in [0.2, 0.25) is 17.7 Å². The van der Waals surface area contributed by atoms with Crippen LogP contribution in [-0.4, -0.2) is 82.1 Å². The Morgan fingerprint density at radius 1 is 0.928 bits per heavy atom. The highest BCUT2D eigenvalue weighted by atomic mass is 35.5. The maximum Gasteiger partial charge on any atom is 0.251 e. The monoisotopic (exact) mass is 972 g/mol. The fraction of sp³-hybridized carbons (Fsp3) is 0.407. The highest BCUT2D eigenvalue weighted by Gasteiger charge is 2.64. The highest BCUT2D eigenvalue weighted by molar-refractivity contribution is 7.13. The van der Waals surface area contributed by atoms with Crippen LogP contribution in [0.3, 0.4) is 0 Å². The first-order chi connectivity index (χ1) is 32.7. The summed E-state index contributed by atoms with van der Waals surface area (Å²) < 4.78 is 12.3. The van der Waals surface area contributed by atoms with Crippen LogP contribution in [0.2, 0.25) is 5.02 Å². The number of amides is 4. The molecule has 3 atom stereocenters. The zero-order valence-corrected chi connectivity index (χ0v) is 42.0. The summed E-state index contributed by atoms with van der Waals surface area (Å²) in [7, 11) is 0. The van der Waals surface area contributed by atoms with Gasteiger partial charge in [0.1, 0.15) is 35.8 Å². The molecule has 4 amide bonds. The average molecular weight is 974 g/mol. The van der Waals surface area contributed by atoms with E-state index >= 15 is 0 Å². The SMILES string of the molecule is Cc1ncsc1-c1ccc(CNC(=O)[C@@H]2C[C@@H](O)CN2C(=O)[C@@H](NC(=O)CCCOc2ccc(-c3ccc(C(=O)NC4C(C)(C)C(Oc5ccc(C#N)c(Cl)c5)C4(C)C)cc3)cc2)C(C)(C)C)cc1. The number of hydrogen-bond donors (Lipinski definition) is 4. The summed E-state index contributed by atoms with van der Waals surface area (Å²) in [6, 6.07) is 28.0. The molecule has 13 nitrogen and oxygen atoms in total. The molecule has 5 aromatic rings. The highest BCUT2D eigenvalue weighted by Crippen LogP contribution is 2.55. The largest absolute Gasteiger partial charge is 0.494 e. The summed E-state index contributed by atoms with van der Waals surface area (Å²) in [6.07, 6.45) is -0.467. The zero-order valence-electron chi connectivity index (χ0n) is 40.4. The number of aliphatic hydroxyl groups excluding tert-OH is 1. The van der Waals surface area contributed by atoms with Gasteiger partial charge in [-0.25, -0.2) is 4.98 Å². The van der Waals surface area contributed by atoms with E-state index in [9.17, 15) is 29.5 Å². The van der Waals surface area contributed by atoms with Gasteiger partial charge < -0.3 is 35.4 Å². The molecule has 1 aliphatic carbocycles. The van der Waals surface area contributed by atoms with E-state index in [-0.39, 0.29) is 62.4 Å². The van der Waals surface area contributed by atoms with Crippen molar-refractivity contribution in [3.05, 3.63) is 124 Å². The van der Waals surface area contributed by atoms with Crippen LogP contribution in [0.5, 0.6) is 11.5 Å². The van der Waals surface area contributed by atoms with Crippen molar-refractivity contribution in [2.24, 2.45) is 16.2 Å². The molecule has 15 heteroatoms. The number of benzene rings is 4. The first-order valence-corrected chi connectivity index (χ1v) is 24.5. The van der Waals surface area contributed by atoms with Crippen LogP contribution in [0.15, 0.2) is 96.5 Å². The second kappa shape index (κ2) is 20.8. The van der Waals surface area contributed by atoms with Crippen molar-refractivity contribution in [2.45, 2.75) is 112 Å². The van der Waals surface area contributed by atoms with Crippen LogP contribution >= 0.6 is 22.9 Å². The minimum absolute atomic E-state index is 0.00665.